The van der Waals surface area contributed by atoms with Crippen LogP contribution in [0.25, 0.3) is 6.08 Å². The van der Waals surface area contributed by atoms with E-state index in [1.807, 2.05) is 36.4 Å². The minimum atomic E-state index is 0.595. The lowest BCUT2D eigenvalue weighted by atomic mass is 10.1. The van der Waals surface area contributed by atoms with Crippen LogP contribution in [0.5, 0.6) is 5.75 Å². The zero-order valence-electron chi connectivity index (χ0n) is 9.97. The van der Waals surface area contributed by atoms with Crippen molar-refractivity contribution in [2.75, 3.05) is 6.61 Å². The molecule has 17 heavy (non-hydrogen) atoms. The molecule has 0 atom stereocenters. The molecule has 0 aliphatic rings. The second kappa shape index (κ2) is 5.90. The lowest BCUT2D eigenvalue weighted by molar-refractivity contribution is 0.363. The molecular weight excluding hydrogens is 208 g/mol. The Bertz CT molecular complexity index is 486. The number of para-hydroxylation sites is 1. The van der Waals surface area contributed by atoms with Crippen LogP contribution >= 0.6 is 0 Å². The Morgan fingerprint density at radius 1 is 1.00 bits per heavy atom. The molecule has 0 spiro atoms. The Morgan fingerprint density at radius 2 is 1.82 bits per heavy atom. The quantitative estimate of drug-likeness (QED) is 0.760. The zero-order chi connectivity index (χ0) is 11.9. The van der Waals surface area contributed by atoms with E-state index in [1.165, 1.54) is 11.1 Å². The SMILES string of the molecule is Cc1cccc(/C=C/COc2ccccc2)c1. The van der Waals surface area contributed by atoms with E-state index in [2.05, 4.69) is 37.3 Å². The van der Waals surface area contributed by atoms with Gasteiger partial charge in [-0.3, -0.25) is 0 Å². The van der Waals surface area contributed by atoms with Gasteiger partial charge in [-0.2, -0.15) is 0 Å². The van der Waals surface area contributed by atoms with Crippen LogP contribution < -0.4 is 4.74 Å². The van der Waals surface area contributed by atoms with E-state index >= 15 is 0 Å². The van der Waals surface area contributed by atoms with Gasteiger partial charge in [0.1, 0.15) is 12.4 Å². The molecular formula is C16H16O. The van der Waals surface area contributed by atoms with Crippen molar-refractivity contribution in [3.8, 4) is 5.75 Å². The third-order valence-corrected chi connectivity index (χ3v) is 2.44. The number of benzene rings is 2. The molecule has 0 N–H and O–H groups in total. The molecule has 0 saturated heterocycles. The highest BCUT2D eigenvalue weighted by Crippen LogP contribution is 2.09. The molecule has 86 valence electrons. The first-order valence-electron chi connectivity index (χ1n) is 5.76. The zero-order valence-corrected chi connectivity index (χ0v) is 9.97. The Hall–Kier alpha value is -2.02. The van der Waals surface area contributed by atoms with Crippen molar-refractivity contribution in [2.24, 2.45) is 0 Å². The second-order valence-electron chi connectivity index (χ2n) is 3.94. The van der Waals surface area contributed by atoms with Crippen molar-refractivity contribution in [3.05, 3.63) is 71.8 Å². The fraction of sp³-hybridized carbons (Fsp3) is 0.125. The van der Waals surface area contributed by atoms with Gasteiger partial charge in [-0.1, -0.05) is 54.1 Å². The number of ether oxygens (including phenoxy) is 1. The molecule has 0 unspecified atom stereocenters. The van der Waals surface area contributed by atoms with Gasteiger partial charge in [-0.05, 0) is 30.7 Å². The van der Waals surface area contributed by atoms with Crippen LogP contribution in [0.4, 0.5) is 0 Å². The summed E-state index contributed by atoms with van der Waals surface area (Å²) in [6, 6.07) is 18.2. The highest BCUT2D eigenvalue weighted by molar-refractivity contribution is 5.50. The highest BCUT2D eigenvalue weighted by Gasteiger charge is 1.89. The monoisotopic (exact) mass is 224 g/mol. The molecule has 2 rings (SSSR count). The molecule has 0 saturated carbocycles. The lowest BCUT2D eigenvalue weighted by Gasteiger charge is -2.01. The van der Waals surface area contributed by atoms with Gasteiger partial charge in [-0.15, -0.1) is 0 Å². The summed E-state index contributed by atoms with van der Waals surface area (Å²) < 4.78 is 5.57. The average Bonchev–Trinajstić information content (AvgIpc) is 2.36. The maximum absolute atomic E-state index is 5.57. The Morgan fingerprint density at radius 3 is 2.59 bits per heavy atom. The van der Waals surface area contributed by atoms with Gasteiger partial charge in [0.15, 0.2) is 0 Å². The molecule has 0 bridgehead atoms. The molecule has 0 aliphatic carbocycles. The number of aryl methyl sites for hydroxylation is 1. The molecule has 0 radical (unpaired) electrons. The third kappa shape index (κ3) is 3.80. The van der Waals surface area contributed by atoms with Crippen molar-refractivity contribution >= 4 is 6.08 Å². The van der Waals surface area contributed by atoms with Crippen molar-refractivity contribution < 1.29 is 4.74 Å². The van der Waals surface area contributed by atoms with Crippen LogP contribution in [-0.2, 0) is 0 Å². The van der Waals surface area contributed by atoms with Gasteiger partial charge in [0.25, 0.3) is 0 Å². The van der Waals surface area contributed by atoms with Crippen LogP contribution in [0.1, 0.15) is 11.1 Å². The van der Waals surface area contributed by atoms with E-state index in [0.29, 0.717) is 6.61 Å². The summed E-state index contributed by atoms with van der Waals surface area (Å²) in [6.45, 7) is 2.69. The molecule has 0 aromatic heterocycles. The summed E-state index contributed by atoms with van der Waals surface area (Å²) in [7, 11) is 0. The first-order chi connectivity index (χ1) is 8.34. The smallest absolute Gasteiger partial charge is 0.119 e. The van der Waals surface area contributed by atoms with Crippen molar-refractivity contribution in [3.63, 3.8) is 0 Å². The number of hydrogen-bond donors (Lipinski definition) is 0. The van der Waals surface area contributed by atoms with Crippen molar-refractivity contribution in [1.29, 1.82) is 0 Å². The predicted molar refractivity (Wildman–Crippen MR) is 72.2 cm³/mol. The van der Waals surface area contributed by atoms with Crippen LogP contribution in [0.15, 0.2) is 60.7 Å². The van der Waals surface area contributed by atoms with Gasteiger partial charge >= 0.3 is 0 Å². The molecule has 0 fully saturated rings. The van der Waals surface area contributed by atoms with E-state index in [9.17, 15) is 0 Å². The minimum absolute atomic E-state index is 0.595. The first-order valence-corrected chi connectivity index (χ1v) is 5.76. The Kier molecular flexibility index (Phi) is 3.98. The lowest BCUT2D eigenvalue weighted by Crippen LogP contribution is -1.92. The predicted octanol–water partition coefficient (Wildman–Crippen LogP) is 4.09. The summed E-state index contributed by atoms with van der Waals surface area (Å²) in [5, 5.41) is 0. The molecule has 0 amide bonds. The van der Waals surface area contributed by atoms with Gasteiger partial charge in [-0.25, -0.2) is 0 Å². The maximum Gasteiger partial charge on any atom is 0.119 e. The molecule has 2 aromatic carbocycles. The number of hydrogen-bond acceptors (Lipinski definition) is 1. The largest absolute Gasteiger partial charge is 0.490 e. The molecule has 0 heterocycles. The van der Waals surface area contributed by atoms with Gasteiger partial charge < -0.3 is 4.74 Å². The average molecular weight is 224 g/mol. The van der Waals surface area contributed by atoms with Crippen molar-refractivity contribution in [1.82, 2.24) is 0 Å². The standard InChI is InChI=1S/C16H16O/c1-14-7-5-8-15(13-14)9-6-12-17-16-10-3-2-4-11-16/h2-11,13H,12H2,1H3/b9-6+. The second-order valence-corrected chi connectivity index (χ2v) is 3.94. The fourth-order valence-corrected chi connectivity index (χ4v) is 1.62. The fourth-order valence-electron chi connectivity index (χ4n) is 1.62. The topological polar surface area (TPSA) is 9.23 Å². The third-order valence-electron chi connectivity index (χ3n) is 2.44. The van der Waals surface area contributed by atoms with Gasteiger partial charge in [0.05, 0.1) is 0 Å². The summed E-state index contributed by atoms with van der Waals surface area (Å²) in [4.78, 5) is 0. The van der Waals surface area contributed by atoms with E-state index in [-0.39, 0.29) is 0 Å². The highest BCUT2D eigenvalue weighted by atomic mass is 16.5. The molecule has 2 aromatic rings. The first kappa shape index (κ1) is 11.5. The number of rotatable bonds is 4. The van der Waals surface area contributed by atoms with Gasteiger partial charge in [0, 0.05) is 0 Å². The normalized spacial score (nSPS) is 10.6. The molecule has 1 heteroatoms. The Labute approximate surface area is 102 Å². The van der Waals surface area contributed by atoms with Crippen LogP contribution in [0.3, 0.4) is 0 Å². The van der Waals surface area contributed by atoms with E-state index < -0.39 is 0 Å². The summed E-state index contributed by atoms with van der Waals surface area (Å²) in [5.41, 5.74) is 2.48. The minimum Gasteiger partial charge on any atom is -0.490 e. The van der Waals surface area contributed by atoms with Crippen LogP contribution in [-0.4, -0.2) is 6.61 Å². The van der Waals surface area contributed by atoms with E-state index in [1.54, 1.807) is 0 Å². The van der Waals surface area contributed by atoms with Crippen LogP contribution in [0.2, 0.25) is 0 Å². The summed E-state index contributed by atoms with van der Waals surface area (Å²) in [5.74, 6) is 0.904. The van der Waals surface area contributed by atoms with E-state index in [4.69, 9.17) is 4.74 Å². The summed E-state index contributed by atoms with van der Waals surface area (Å²) >= 11 is 0. The maximum atomic E-state index is 5.57. The van der Waals surface area contributed by atoms with E-state index in [0.717, 1.165) is 5.75 Å². The van der Waals surface area contributed by atoms with Gasteiger partial charge in [0.2, 0.25) is 0 Å². The molecule has 1 nitrogen and oxygen atoms in total. The Balaban J connectivity index is 1.86. The van der Waals surface area contributed by atoms with Crippen molar-refractivity contribution in [2.45, 2.75) is 6.92 Å². The molecule has 0 aliphatic heterocycles. The van der Waals surface area contributed by atoms with Crippen LogP contribution in [0, 0.1) is 6.92 Å². The summed E-state index contributed by atoms with van der Waals surface area (Å²) in [6.07, 6.45) is 4.11.